The molecule has 0 amide bonds. The number of quaternary nitrogens is 1. The van der Waals surface area contributed by atoms with Crippen molar-refractivity contribution in [3.8, 4) is 22.9 Å². The lowest BCUT2D eigenvalue weighted by atomic mass is 10.0. The van der Waals surface area contributed by atoms with Gasteiger partial charge in [0, 0.05) is 5.39 Å². The minimum Gasteiger partial charge on any atom is -0.444 e. The minimum absolute atomic E-state index is 0.0292. The zero-order valence-electron chi connectivity index (χ0n) is 20.5. The van der Waals surface area contributed by atoms with Crippen molar-refractivity contribution in [1.82, 2.24) is 23.6 Å². The van der Waals surface area contributed by atoms with Crippen LogP contribution in [0.2, 0.25) is 0 Å². The molecular formula is C30H16N7O2+3. The zero-order valence-corrected chi connectivity index (χ0v) is 20.5. The van der Waals surface area contributed by atoms with Crippen LogP contribution in [0.4, 0.5) is 11.4 Å². The molecule has 1 spiro atoms. The van der Waals surface area contributed by atoms with Crippen LogP contribution in [0.15, 0.2) is 84.0 Å². The van der Waals surface area contributed by atoms with Gasteiger partial charge in [0.15, 0.2) is 17.5 Å². The second-order valence-corrected chi connectivity index (χ2v) is 10.5. The Morgan fingerprint density at radius 1 is 0.821 bits per heavy atom. The topological polar surface area (TPSA) is 69.2 Å². The van der Waals surface area contributed by atoms with Gasteiger partial charge in [0.05, 0.1) is 34.1 Å². The smallest absolute Gasteiger partial charge is 0.378 e. The molecule has 1 unspecified atom stereocenters. The molecule has 8 aromatic rings. The van der Waals surface area contributed by atoms with Gasteiger partial charge in [0.25, 0.3) is 11.3 Å². The number of aryl methyl sites for hydroxylation is 1. The average Bonchev–Trinajstić information content (AvgIpc) is 3.58. The second-order valence-electron chi connectivity index (χ2n) is 10.5. The Morgan fingerprint density at radius 3 is 2.56 bits per heavy atom. The van der Waals surface area contributed by atoms with Gasteiger partial charge in [-0.1, -0.05) is 12.1 Å². The van der Waals surface area contributed by atoms with E-state index in [1.165, 1.54) is 0 Å². The maximum atomic E-state index is 14.1. The second kappa shape index (κ2) is 5.54. The van der Waals surface area contributed by atoms with E-state index in [1.54, 1.807) is 12.4 Å². The predicted octanol–water partition coefficient (Wildman–Crippen LogP) is 4.02. The third kappa shape index (κ3) is 1.63. The fraction of sp³-hybridized carbons (Fsp3) is 0.0333. The van der Waals surface area contributed by atoms with Crippen LogP contribution in [0.3, 0.4) is 0 Å². The van der Waals surface area contributed by atoms with Gasteiger partial charge in [-0.05, 0) is 57.9 Å². The summed E-state index contributed by atoms with van der Waals surface area (Å²) in [7, 11) is 2.03. The highest BCUT2D eigenvalue weighted by molar-refractivity contribution is 6.17. The van der Waals surface area contributed by atoms with Gasteiger partial charge < -0.3 is 4.74 Å². The van der Waals surface area contributed by atoms with Crippen molar-refractivity contribution in [3.05, 3.63) is 89.5 Å². The summed E-state index contributed by atoms with van der Waals surface area (Å²) in [5.41, 5.74) is 7.30. The molecule has 5 aromatic heterocycles. The lowest BCUT2D eigenvalue weighted by molar-refractivity contribution is -1.01. The maximum Gasteiger partial charge on any atom is 0.378 e. The molecular weight excluding hydrogens is 490 g/mol. The summed E-state index contributed by atoms with van der Waals surface area (Å²) in [6.45, 7) is 0. The summed E-state index contributed by atoms with van der Waals surface area (Å²) >= 11 is 0. The summed E-state index contributed by atoms with van der Waals surface area (Å²) in [6.07, 6.45) is 5.59. The molecule has 11 rings (SSSR count). The van der Waals surface area contributed by atoms with Crippen molar-refractivity contribution in [1.29, 1.82) is 0 Å². The number of aromatic nitrogens is 6. The Labute approximate surface area is 218 Å². The Morgan fingerprint density at radius 2 is 1.62 bits per heavy atom. The standard InChI is InChI=1S/C30H16N7O2/c1-33-27-28(32-13-12-31-27)36-29(33)19-7-3-9-20-24(19)37(36)25-21(39-20)11-10-18-23(25)35-22-15(5-2-6-17(22)26(18)38)16-8-4-14-34(37)30(16)35/h2-14H,1H3/q+3. The van der Waals surface area contributed by atoms with Crippen molar-refractivity contribution in [3.63, 3.8) is 0 Å². The summed E-state index contributed by atoms with van der Waals surface area (Å²) in [5.74, 6) is 2.46. The molecule has 1 atom stereocenters. The van der Waals surface area contributed by atoms with Crippen LogP contribution in [0.25, 0.3) is 60.9 Å². The van der Waals surface area contributed by atoms with E-state index in [1.807, 2.05) is 43.4 Å². The van der Waals surface area contributed by atoms with E-state index in [-0.39, 0.29) is 10.1 Å². The van der Waals surface area contributed by atoms with Crippen LogP contribution in [0.1, 0.15) is 0 Å². The molecule has 0 bridgehead atoms. The molecule has 3 aromatic carbocycles. The normalized spacial score (nSPS) is 17.8. The highest BCUT2D eigenvalue weighted by Crippen LogP contribution is 2.59. The molecule has 9 heteroatoms. The van der Waals surface area contributed by atoms with E-state index >= 15 is 0 Å². The van der Waals surface area contributed by atoms with Crippen molar-refractivity contribution < 1.29 is 14.1 Å². The van der Waals surface area contributed by atoms with Gasteiger partial charge in [-0.15, -0.1) is 4.98 Å². The highest BCUT2D eigenvalue weighted by Gasteiger charge is 2.68. The first kappa shape index (κ1) is 18.8. The molecule has 0 N–H and O–H groups in total. The Kier molecular flexibility index (Phi) is 2.67. The number of nitrogens with zero attached hydrogens (tertiary/aromatic N) is 7. The van der Waals surface area contributed by atoms with Crippen LogP contribution in [0, 0.1) is 0 Å². The van der Waals surface area contributed by atoms with Crippen LogP contribution < -0.4 is 24.2 Å². The monoisotopic (exact) mass is 506 g/mol. The van der Waals surface area contributed by atoms with E-state index in [9.17, 15) is 4.79 Å². The van der Waals surface area contributed by atoms with E-state index in [2.05, 4.69) is 48.8 Å². The first-order valence-electron chi connectivity index (χ1n) is 12.9. The Balaban J connectivity index is 1.56. The SMILES string of the molecule is Cn1c2[n+](c3nccnc31)[N+]13c4c(cccc4-2)Oc2ccc4c(=O)c5cccc6c7ccc[n+]1c7n(c4c23)c56. The van der Waals surface area contributed by atoms with Crippen LogP contribution in [-0.2, 0) is 7.05 Å². The highest BCUT2D eigenvalue weighted by atomic mass is 16.5. The molecule has 180 valence electrons. The van der Waals surface area contributed by atoms with Gasteiger partial charge in [-0.25, -0.2) is 9.55 Å². The number of hydrogen-bond donors (Lipinski definition) is 0. The fourth-order valence-corrected chi connectivity index (χ4v) is 7.63. The summed E-state index contributed by atoms with van der Waals surface area (Å²) in [4.78, 5) is 23.7. The predicted molar refractivity (Wildman–Crippen MR) is 144 cm³/mol. The maximum absolute atomic E-state index is 14.1. The molecule has 0 radical (unpaired) electrons. The van der Waals surface area contributed by atoms with E-state index in [0.29, 0.717) is 11.1 Å². The molecule has 3 aliphatic rings. The third-order valence-corrected chi connectivity index (χ3v) is 8.92. The van der Waals surface area contributed by atoms with Crippen LogP contribution in [-0.4, -0.2) is 18.9 Å². The zero-order chi connectivity index (χ0) is 25.4. The summed E-state index contributed by atoms with van der Waals surface area (Å²) in [6, 6.07) is 20.3. The first-order valence-corrected chi connectivity index (χ1v) is 12.9. The number of ether oxygens (including phenoxy) is 1. The Bertz CT molecular complexity index is 2580. The number of hydrogen-bond acceptors (Lipinski definition) is 4. The van der Waals surface area contributed by atoms with Crippen molar-refractivity contribution in [2.45, 2.75) is 0 Å². The number of imidazole rings is 1. The lowest BCUT2D eigenvalue weighted by Crippen LogP contribution is -2.83. The molecule has 9 nitrogen and oxygen atoms in total. The molecule has 0 aliphatic carbocycles. The van der Waals surface area contributed by atoms with Crippen molar-refractivity contribution in [2.24, 2.45) is 7.05 Å². The fourth-order valence-electron chi connectivity index (χ4n) is 7.63. The molecule has 39 heavy (non-hydrogen) atoms. The lowest BCUT2D eigenvalue weighted by Gasteiger charge is -2.33. The van der Waals surface area contributed by atoms with Crippen LogP contribution in [0.5, 0.6) is 11.5 Å². The molecule has 0 saturated carbocycles. The third-order valence-electron chi connectivity index (χ3n) is 8.92. The van der Waals surface area contributed by atoms with E-state index < -0.39 is 0 Å². The largest absolute Gasteiger partial charge is 0.444 e. The van der Waals surface area contributed by atoms with Gasteiger partial charge >= 0.3 is 22.8 Å². The summed E-state index contributed by atoms with van der Waals surface area (Å²) < 4.78 is 15.7. The molecule has 3 aliphatic heterocycles. The van der Waals surface area contributed by atoms with Gasteiger partial charge in [0.2, 0.25) is 16.7 Å². The van der Waals surface area contributed by atoms with Gasteiger partial charge in [-0.3, -0.25) is 4.79 Å². The first-order chi connectivity index (χ1) is 19.2. The van der Waals surface area contributed by atoms with E-state index in [0.717, 1.165) is 72.6 Å². The number of fused-ring (bicyclic) bond motifs is 5. The molecule has 0 saturated heterocycles. The van der Waals surface area contributed by atoms with E-state index in [4.69, 9.17) is 14.7 Å². The number of rotatable bonds is 0. The molecule has 0 fully saturated rings. The summed E-state index contributed by atoms with van der Waals surface area (Å²) in [5, 5.41) is 3.54. The number of benzene rings is 3. The van der Waals surface area contributed by atoms with Crippen molar-refractivity contribution in [2.75, 3.05) is 0 Å². The minimum atomic E-state index is 0.0292. The van der Waals surface area contributed by atoms with Gasteiger partial charge in [0.1, 0.15) is 11.8 Å². The quantitative estimate of drug-likeness (QED) is 0.177. The number of pyridine rings is 2. The average molecular weight is 507 g/mol. The molecule has 8 heterocycles. The van der Waals surface area contributed by atoms with Gasteiger partial charge in [-0.2, -0.15) is 4.40 Å². The van der Waals surface area contributed by atoms with Crippen LogP contribution >= 0.6 is 0 Å². The number of para-hydroxylation sites is 2. The Hall–Kier alpha value is -5.41. The van der Waals surface area contributed by atoms with Crippen molar-refractivity contribution >= 4 is 60.9 Å².